The molecule has 2 aromatic heterocycles. The van der Waals surface area contributed by atoms with Crippen molar-refractivity contribution < 1.29 is 9.53 Å². The third-order valence-electron chi connectivity index (χ3n) is 6.05. The lowest BCUT2D eigenvalue weighted by Crippen LogP contribution is -2.43. The van der Waals surface area contributed by atoms with Crippen molar-refractivity contribution in [2.24, 2.45) is 0 Å². The van der Waals surface area contributed by atoms with Gasteiger partial charge < -0.3 is 10.1 Å². The number of nitrogens with zero attached hydrogens (tertiary/aromatic N) is 4. The van der Waals surface area contributed by atoms with Gasteiger partial charge in [-0.2, -0.15) is 5.10 Å². The van der Waals surface area contributed by atoms with E-state index < -0.39 is 0 Å². The normalized spacial score (nSPS) is 15.8. The Balaban J connectivity index is 1.40. The molecule has 1 aliphatic heterocycles. The van der Waals surface area contributed by atoms with Gasteiger partial charge in [0.25, 0.3) is 0 Å². The number of ether oxygens (including phenoxy) is 1. The van der Waals surface area contributed by atoms with E-state index >= 15 is 0 Å². The zero-order valence-electron chi connectivity index (χ0n) is 18.6. The molecule has 1 fully saturated rings. The summed E-state index contributed by atoms with van der Waals surface area (Å²) in [5.74, 6) is 0.0599. The SMILES string of the molecule is Cc1cc2nc(C)c(CCC(=O)NCC(c3ccccc3)N3CCOCC3)c(C)n2n1. The van der Waals surface area contributed by atoms with E-state index in [9.17, 15) is 4.79 Å². The van der Waals surface area contributed by atoms with Gasteiger partial charge in [-0.25, -0.2) is 9.50 Å². The van der Waals surface area contributed by atoms with Crippen molar-refractivity contribution in [2.45, 2.75) is 39.7 Å². The van der Waals surface area contributed by atoms with E-state index in [4.69, 9.17) is 4.74 Å². The average molecular weight is 422 g/mol. The molecule has 164 valence electrons. The highest BCUT2D eigenvalue weighted by Crippen LogP contribution is 2.21. The number of rotatable bonds is 7. The number of fused-ring (bicyclic) bond motifs is 1. The molecule has 3 heterocycles. The molecule has 0 bridgehead atoms. The number of carbonyl (C=O) groups is 1. The van der Waals surface area contributed by atoms with E-state index in [1.165, 1.54) is 5.56 Å². The fourth-order valence-electron chi connectivity index (χ4n) is 4.36. The summed E-state index contributed by atoms with van der Waals surface area (Å²) in [4.78, 5) is 19.8. The van der Waals surface area contributed by atoms with E-state index in [-0.39, 0.29) is 11.9 Å². The van der Waals surface area contributed by atoms with Crippen LogP contribution in [0.3, 0.4) is 0 Å². The molecule has 1 saturated heterocycles. The molecule has 0 aliphatic carbocycles. The highest BCUT2D eigenvalue weighted by Gasteiger charge is 2.23. The van der Waals surface area contributed by atoms with E-state index in [1.54, 1.807) is 0 Å². The Morgan fingerprint density at radius 1 is 1.16 bits per heavy atom. The number of carbonyl (C=O) groups excluding carboxylic acids is 1. The summed E-state index contributed by atoms with van der Waals surface area (Å²) in [5.41, 5.74) is 6.14. The summed E-state index contributed by atoms with van der Waals surface area (Å²) in [7, 11) is 0. The summed E-state index contributed by atoms with van der Waals surface area (Å²) >= 11 is 0. The molecule has 1 atom stereocenters. The lowest BCUT2D eigenvalue weighted by Gasteiger charge is -2.35. The van der Waals surface area contributed by atoms with E-state index in [0.717, 1.165) is 54.6 Å². The summed E-state index contributed by atoms with van der Waals surface area (Å²) < 4.78 is 7.39. The van der Waals surface area contributed by atoms with Crippen molar-refractivity contribution in [3.05, 3.63) is 64.6 Å². The lowest BCUT2D eigenvalue weighted by atomic mass is 10.0. The van der Waals surface area contributed by atoms with Crippen molar-refractivity contribution >= 4 is 11.6 Å². The molecule has 0 radical (unpaired) electrons. The van der Waals surface area contributed by atoms with E-state index in [0.29, 0.717) is 19.4 Å². The first-order valence-electron chi connectivity index (χ1n) is 11.0. The number of amides is 1. The number of hydrogen-bond acceptors (Lipinski definition) is 5. The summed E-state index contributed by atoms with van der Waals surface area (Å²) in [6.07, 6.45) is 1.08. The number of morpholine rings is 1. The van der Waals surface area contributed by atoms with Gasteiger partial charge in [0, 0.05) is 43.5 Å². The van der Waals surface area contributed by atoms with Gasteiger partial charge in [-0.05, 0) is 38.3 Å². The summed E-state index contributed by atoms with van der Waals surface area (Å²) in [6, 6.07) is 12.5. The quantitative estimate of drug-likeness (QED) is 0.635. The van der Waals surface area contributed by atoms with Gasteiger partial charge >= 0.3 is 0 Å². The van der Waals surface area contributed by atoms with Crippen LogP contribution in [-0.4, -0.2) is 58.3 Å². The molecule has 7 nitrogen and oxygen atoms in total. The van der Waals surface area contributed by atoms with Crippen LogP contribution in [0.15, 0.2) is 36.4 Å². The van der Waals surface area contributed by atoms with Crippen molar-refractivity contribution in [2.75, 3.05) is 32.8 Å². The molecule has 3 aromatic rings. The van der Waals surface area contributed by atoms with Crippen LogP contribution in [0.1, 0.15) is 40.7 Å². The molecule has 4 rings (SSSR count). The van der Waals surface area contributed by atoms with Crippen molar-refractivity contribution in [3.63, 3.8) is 0 Å². The molecule has 1 unspecified atom stereocenters. The molecular formula is C24H31N5O2. The van der Waals surface area contributed by atoms with Gasteiger partial charge in [0.2, 0.25) is 5.91 Å². The first-order valence-corrected chi connectivity index (χ1v) is 11.0. The Kier molecular flexibility index (Phi) is 6.63. The second kappa shape index (κ2) is 9.58. The second-order valence-electron chi connectivity index (χ2n) is 8.20. The first-order chi connectivity index (χ1) is 15.0. The first kappa shape index (κ1) is 21.5. The van der Waals surface area contributed by atoms with Crippen LogP contribution < -0.4 is 5.32 Å². The average Bonchev–Trinajstić information content (AvgIpc) is 3.15. The van der Waals surface area contributed by atoms with Crippen LogP contribution in [0.4, 0.5) is 0 Å². The number of hydrogen-bond donors (Lipinski definition) is 1. The molecule has 7 heteroatoms. The highest BCUT2D eigenvalue weighted by molar-refractivity contribution is 5.76. The predicted octanol–water partition coefficient (Wildman–Crippen LogP) is 2.78. The molecule has 0 spiro atoms. The minimum Gasteiger partial charge on any atom is -0.379 e. The predicted molar refractivity (Wildman–Crippen MR) is 120 cm³/mol. The van der Waals surface area contributed by atoms with Crippen molar-refractivity contribution in [3.8, 4) is 0 Å². The Bertz CT molecular complexity index is 1040. The van der Waals surface area contributed by atoms with Crippen LogP contribution >= 0.6 is 0 Å². The molecular weight excluding hydrogens is 390 g/mol. The number of aromatic nitrogens is 3. The van der Waals surface area contributed by atoms with Gasteiger partial charge in [-0.3, -0.25) is 9.69 Å². The maximum atomic E-state index is 12.7. The van der Waals surface area contributed by atoms with Gasteiger partial charge in [0.1, 0.15) is 0 Å². The maximum absolute atomic E-state index is 12.7. The van der Waals surface area contributed by atoms with Crippen LogP contribution in [-0.2, 0) is 16.0 Å². The van der Waals surface area contributed by atoms with Crippen LogP contribution in [0.2, 0.25) is 0 Å². The minimum atomic E-state index is 0.0599. The highest BCUT2D eigenvalue weighted by atomic mass is 16.5. The second-order valence-corrected chi connectivity index (χ2v) is 8.20. The summed E-state index contributed by atoms with van der Waals surface area (Å²) in [5, 5.41) is 7.69. The summed E-state index contributed by atoms with van der Waals surface area (Å²) in [6.45, 7) is 9.84. The van der Waals surface area contributed by atoms with Gasteiger partial charge in [0.05, 0.1) is 24.9 Å². The van der Waals surface area contributed by atoms with E-state index in [1.807, 2.05) is 37.4 Å². The molecule has 1 aliphatic rings. The standard InChI is InChI=1S/C24H31N5O2/c1-17-15-23-26-18(2)21(19(3)29(23)27-17)9-10-24(30)25-16-22(20-7-5-4-6-8-20)28-11-13-31-14-12-28/h4-8,15,22H,9-14,16H2,1-3H3,(H,25,30). The topological polar surface area (TPSA) is 71.8 Å². The lowest BCUT2D eigenvalue weighted by molar-refractivity contribution is -0.121. The van der Waals surface area contributed by atoms with Gasteiger partial charge in [0.15, 0.2) is 5.65 Å². The third-order valence-corrected chi connectivity index (χ3v) is 6.05. The largest absolute Gasteiger partial charge is 0.379 e. The number of aryl methyl sites for hydroxylation is 3. The molecule has 1 amide bonds. The molecule has 31 heavy (non-hydrogen) atoms. The monoisotopic (exact) mass is 421 g/mol. The third kappa shape index (κ3) is 4.94. The Labute approximate surface area is 183 Å². The minimum absolute atomic E-state index is 0.0599. The maximum Gasteiger partial charge on any atom is 0.220 e. The zero-order valence-corrected chi connectivity index (χ0v) is 18.6. The van der Waals surface area contributed by atoms with Crippen LogP contribution in [0.5, 0.6) is 0 Å². The van der Waals surface area contributed by atoms with Crippen LogP contribution in [0, 0.1) is 20.8 Å². The van der Waals surface area contributed by atoms with Crippen molar-refractivity contribution in [1.82, 2.24) is 24.8 Å². The fraction of sp³-hybridized carbons (Fsp3) is 0.458. The Morgan fingerprint density at radius 2 is 1.90 bits per heavy atom. The van der Waals surface area contributed by atoms with E-state index in [2.05, 4.69) is 44.6 Å². The Morgan fingerprint density at radius 3 is 2.65 bits per heavy atom. The number of benzene rings is 1. The van der Waals surface area contributed by atoms with Gasteiger partial charge in [-0.1, -0.05) is 30.3 Å². The van der Waals surface area contributed by atoms with Gasteiger partial charge in [-0.15, -0.1) is 0 Å². The number of nitrogens with one attached hydrogen (secondary N) is 1. The molecule has 1 aromatic carbocycles. The van der Waals surface area contributed by atoms with Crippen molar-refractivity contribution in [1.29, 1.82) is 0 Å². The molecule has 1 N–H and O–H groups in total. The Hall–Kier alpha value is -2.77. The van der Waals surface area contributed by atoms with Crippen LogP contribution in [0.25, 0.3) is 5.65 Å². The fourth-order valence-corrected chi connectivity index (χ4v) is 4.36. The smallest absolute Gasteiger partial charge is 0.220 e. The molecule has 0 saturated carbocycles. The zero-order chi connectivity index (χ0) is 21.8.